The summed E-state index contributed by atoms with van der Waals surface area (Å²) in [6, 6.07) is 5.58. The van der Waals surface area contributed by atoms with Crippen molar-refractivity contribution in [3.05, 3.63) is 24.3 Å². The lowest BCUT2D eigenvalue weighted by atomic mass is 10.3. The van der Waals surface area contributed by atoms with Crippen molar-refractivity contribution in [3.8, 4) is 6.19 Å². The molecule has 0 amide bonds. The van der Waals surface area contributed by atoms with E-state index < -0.39 is 10.0 Å². The Hall–Kier alpha value is -1.58. The Bertz CT molecular complexity index is 430. The third-order valence-electron chi connectivity index (χ3n) is 1.38. The molecule has 0 saturated carbocycles. The van der Waals surface area contributed by atoms with Crippen molar-refractivity contribution in [2.75, 3.05) is 5.32 Å². The van der Waals surface area contributed by atoms with Crippen LogP contribution < -0.4 is 10.5 Å². The molecule has 3 N–H and O–H groups in total. The fraction of sp³-hybridized carbons (Fsp3) is 0. The maximum absolute atomic E-state index is 10.8. The van der Waals surface area contributed by atoms with Crippen LogP contribution in [0.4, 0.5) is 5.69 Å². The summed E-state index contributed by atoms with van der Waals surface area (Å²) in [5, 5.41) is 15.5. The van der Waals surface area contributed by atoms with Gasteiger partial charge in [0.05, 0.1) is 4.90 Å². The van der Waals surface area contributed by atoms with Crippen molar-refractivity contribution >= 4 is 15.7 Å². The Morgan fingerprint density at radius 2 is 1.85 bits per heavy atom. The normalized spacial score (nSPS) is 10.5. The van der Waals surface area contributed by atoms with Gasteiger partial charge in [-0.15, -0.1) is 0 Å². The molecule has 5 nitrogen and oxygen atoms in total. The van der Waals surface area contributed by atoms with E-state index in [9.17, 15) is 8.42 Å². The molecule has 0 spiro atoms. The molecule has 0 saturated heterocycles. The molecule has 0 aliphatic rings. The molecular formula is C7H7N3O2S. The zero-order valence-electron chi connectivity index (χ0n) is 6.56. The van der Waals surface area contributed by atoms with Gasteiger partial charge in [0.1, 0.15) is 0 Å². The van der Waals surface area contributed by atoms with Gasteiger partial charge in [-0.05, 0) is 24.3 Å². The summed E-state index contributed by atoms with van der Waals surface area (Å²) >= 11 is 0. The number of hydrogen-bond acceptors (Lipinski definition) is 4. The maximum atomic E-state index is 10.8. The van der Waals surface area contributed by atoms with Crippen LogP contribution in [0.3, 0.4) is 0 Å². The van der Waals surface area contributed by atoms with Gasteiger partial charge in [0.25, 0.3) is 0 Å². The number of nitrogens with two attached hydrogens (primary N) is 1. The summed E-state index contributed by atoms with van der Waals surface area (Å²) in [6.07, 6.45) is 1.71. The molecule has 0 aliphatic carbocycles. The Kier molecular flexibility index (Phi) is 2.51. The van der Waals surface area contributed by atoms with Crippen LogP contribution in [0, 0.1) is 11.5 Å². The predicted molar refractivity (Wildman–Crippen MR) is 47.1 cm³/mol. The van der Waals surface area contributed by atoms with Gasteiger partial charge in [-0.1, -0.05) is 0 Å². The Labute approximate surface area is 75.8 Å². The van der Waals surface area contributed by atoms with E-state index in [1.165, 1.54) is 24.3 Å². The summed E-state index contributed by atoms with van der Waals surface area (Å²) in [7, 11) is -3.65. The number of primary sulfonamides is 1. The topological polar surface area (TPSA) is 96.0 Å². The highest BCUT2D eigenvalue weighted by Crippen LogP contribution is 2.11. The van der Waals surface area contributed by atoms with Gasteiger partial charge in [0.15, 0.2) is 6.19 Å². The van der Waals surface area contributed by atoms with Crippen LogP contribution in [-0.4, -0.2) is 8.42 Å². The molecule has 0 fully saturated rings. The zero-order chi connectivity index (χ0) is 9.90. The van der Waals surface area contributed by atoms with E-state index in [-0.39, 0.29) is 4.90 Å². The number of nitrogens with zero attached hydrogens (tertiary/aromatic N) is 1. The van der Waals surface area contributed by atoms with Gasteiger partial charge in [-0.25, -0.2) is 13.6 Å². The van der Waals surface area contributed by atoms with Crippen LogP contribution in [-0.2, 0) is 10.0 Å². The molecule has 6 heteroatoms. The molecule has 0 atom stereocenters. The van der Waals surface area contributed by atoms with E-state index >= 15 is 0 Å². The largest absolute Gasteiger partial charge is 0.293 e. The molecule has 1 rings (SSSR count). The summed E-state index contributed by atoms with van der Waals surface area (Å²) in [4.78, 5) is 0.0241. The zero-order valence-corrected chi connectivity index (χ0v) is 7.38. The van der Waals surface area contributed by atoms with E-state index in [0.29, 0.717) is 5.69 Å². The van der Waals surface area contributed by atoms with Crippen molar-refractivity contribution in [1.82, 2.24) is 0 Å². The number of anilines is 1. The first kappa shape index (κ1) is 9.51. The predicted octanol–water partition coefficient (Wildman–Crippen LogP) is 0.227. The highest BCUT2D eigenvalue weighted by molar-refractivity contribution is 7.89. The minimum absolute atomic E-state index is 0.0241. The van der Waals surface area contributed by atoms with Crippen LogP contribution in [0.15, 0.2) is 29.2 Å². The highest BCUT2D eigenvalue weighted by atomic mass is 32.2. The van der Waals surface area contributed by atoms with E-state index in [0.717, 1.165) is 0 Å². The molecule has 0 unspecified atom stereocenters. The average molecular weight is 197 g/mol. The molecular weight excluding hydrogens is 190 g/mol. The van der Waals surface area contributed by atoms with E-state index in [1.807, 2.05) is 0 Å². The number of rotatable bonds is 2. The summed E-state index contributed by atoms with van der Waals surface area (Å²) in [5.74, 6) is 0. The molecule has 1 aromatic rings. The molecule has 0 aromatic heterocycles. The molecule has 0 bridgehead atoms. The fourth-order valence-electron chi connectivity index (χ4n) is 0.792. The minimum Gasteiger partial charge on any atom is -0.293 e. The first-order chi connectivity index (χ1) is 6.04. The number of hydrogen-bond donors (Lipinski definition) is 2. The first-order valence-electron chi connectivity index (χ1n) is 3.32. The van der Waals surface area contributed by atoms with E-state index in [2.05, 4.69) is 5.32 Å². The van der Waals surface area contributed by atoms with Crippen molar-refractivity contribution in [2.24, 2.45) is 5.14 Å². The van der Waals surface area contributed by atoms with Crippen LogP contribution >= 0.6 is 0 Å². The lowest BCUT2D eigenvalue weighted by molar-refractivity contribution is 0.598. The first-order valence-corrected chi connectivity index (χ1v) is 4.86. The average Bonchev–Trinajstić information content (AvgIpc) is 2.04. The molecule has 0 heterocycles. The monoisotopic (exact) mass is 197 g/mol. The number of nitrogens with one attached hydrogen (secondary N) is 1. The third-order valence-corrected chi connectivity index (χ3v) is 2.31. The number of nitriles is 1. The van der Waals surface area contributed by atoms with Crippen molar-refractivity contribution in [1.29, 1.82) is 5.26 Å². The second kappa shape index (κ2) is 3.43. The number of sulfonamides is 1. The van der Waals surface area contributed by atoms with Gasteiger partial charge < -0.3 is 0 Å². The standard InChI is InChI=1S/C7H7N3O2S/c8-5-10-6-1-3-7(4-2-6)13(9,11)12/h1-4,10H,(H2,9,11,12). The summed E-state index contributed by atoms with van der Waals surface area (Å²) < 4.78 is 21.6. The van der Waals surface area contributed by atoms with E-state index in [1.54, 1.807) is 6.19 Å². The van der Waals surface area contributed by atoms with Crippen molar-refractivity contribution in [3.63, 3.8) is 0 Å². The Balaban J connectivity index is 3.03. The molecule has 0 radical (unpaired) electrons. The van der Waals surface area contributed by atoms with Gasteiger partial charge in [-0.2, -0.15) is 5.26 Å². The minimum atomic E-state index is -3.65. The van der Waals surface area contributed by atoms with E-state index in [4.69, 9.17) is 10.4 Å². The van der Waals surface area contributed by atoms with Crippen molar-refractivity contribution in [2.45, 2.75) is 4.90 Å². The van der Waals surface area contributed by atoms with Gasteiger partial charge in [-0.3, -0.25) is 5.32 Å². The highest BCUT2D eigenvalue weighted by Gasteiger charge is 2.05. The lowest BCUT2D eigenvalue weighted by Gasteiger charge is -1.99. The van der Waals surface area contributed by atoms with Crippen molar-refractivity contribution < 1.29 is 8.42 Å². The quantitative estimate of drug-likeness (QED) is 0.523. The fourth-order valence-corrected chi connectivity index (χ4v) is 1.31. The second-order valence-corrected chi connectivity index (χ2v) is 3.87. The third kappa shape index (κ3) is 2.43. The lowest BCUT2D eigenvalue weighted by Crippen LogP contribution is -2.11. The van der Waals surface area contributed by atoms with Gasteiger partial charge >= 0.3 is 0 Å². The molecule has 0 aliphatic heterocycles. The van der Waals surface area contributed by atoms with Crippen LogP contribution in [0.5, 0.6) is 0 Å². The molecule has 13 heavy (non-hydrogen) atoms. The van der Waals surface area contributed by atoms with Gasteiger partial charge in [0.2, 0.25) is 10.0 Å². The molecule has 68 valence electrons. The summed E-state index contributed by atoms with van der Waals surface area (Å²) in [6.45, 7) is 0. The maximum Gasteiger partial charge on any atom is 0.238 e. The number of benzene rings is 1. The van der Waals surface area contributed by atoms with Crippen LogP contribution in [0.2, 0.25) is 0 Å². The van der Waals surface area contributed by atoms with Gasteiger partial charge in [0, 0.05) is 5.69 Å². The summed E-state index contributed by atoms with van der Waals surface area (Å²) in [5.41, 5.74) is 0.523. The van der Waals surface area contributed by atoms with Crippen LogP contribution in [0.1, 0.15) is 0 Å². The Morgan fingerprint density at radius 3 is 2.23 bits per heavy atom. The SMILES string of the molecule is N#CNc1ccc(S(N)(=O)=O)cc1. The van der Waals surface area contributed by atoms with Crippen LogP contribution in [0.25, 0.3) is 0 Å². The Morgan fingerprint density at radius 1 is 1.31 bits per heavy atom. The smallest absolute Gasteiger partial charge is 0.238 e. The molecule has 1 aromatic carbocycles. The second-order valence-electron chi connectivity index (χ2n) is 2.31.